The fourth-order valence-electron chi connectivity index (χ4n) is 4.74. The predicted octanol–water partition coefficient (Wildman–Crippen LogP) is 2.18. The van der Waals surface area contributed by atoms with E-state index in [-0.39, 0.29) is 0 Å². The van der Waals surface area contributed by atoms with Crippen molar-refractivity contribution < 1.29 is 0 Å². The first-order valence-electron chi connectivity index (χ1n) is 10.0. The number of piperidine rings is 1. The largest absolute Gasteiger partial charge is 0.370 e. The van der Waals surface area contributed by atoms with Crippen LogP contribution in [0.5, 0.6) is 0 Å². The number of guanidine groups is 1. The Morgan fingerprint density at radius 2 is 2.04 bits per heavy atom. The van der Waals surface area contributed by atoms with E-state index < -0.39 is 0 Å². The maximum Gasteiger partial charge on any atom is 0.188 e. The minimum atomic E-state index is 0.428. The van der Waals surface area contributed by atoms with Gasteiger partial charge >= 0.3 is 0 Å². The Bertz CT molecular complexity index is 599. The van der Waals surface area contributed by atoms with Gasteiger partial charge in [-0.2, -0.15) is 5.10 Å². The van der Waals surface area contributed by atoms with E-state index in [0.717, 1.165) is 12.6 Å². The van der Waals surface area contributed by atoms with Gasteiger partial charge in [-0.3, -0.25) is 14.6 Å². The SMILES string of the molecule is Cn1nccc1[C@H]1[C@H](CN=C(N)NC2CCCC2)CCCN1C1CC1. The molecule has 2 aliphatic carbocycles. The molecule has 1 aliphatic heterocycles. The van der Waals surface area contributed by atoms with Crippen LogP contribution in [0.1, 0.15) is 63.1 Å². The summed E-state index contributed by atoms with van der Waals surface area (Å²) in [6, 6.07) is 3.91. The van der Waals surface area contributed by atoms with Crippen LogP contribution >= 0.6 is 0 Å². The fourth-order valence-corrected chi connectivity index (χ4v) is 4.74. The standard InChI is InChI=1S/C19H32N6/c1-24-17(10-11-22-24)18-14(5-4-12-25(18)16-8-9-16)13-21-19(20)23-15-6-2-3-7-15/h10-11,14-16,18H,2-9,12-13H2,1H3,(H3,20,21,23)/t14-,18+/m0/s1. The second-order valence-electron chi connectivity index (χ2n) is 8.05. The number of aryl methyl sites for hydroxylation is 1. The zero-order valence-corrected chi connectivity index (χ0v) is 15.4. The Kier molecular flexibility index (Phi) is 4.97. The Balaban J connectivity index is 1.46. The molecule has 0 amide bonds. The molecule has 0 spiro atoms. The van der Waals surface area contributed by atoms with E-state index in [9.17, 15) is 0 Å². The average molecular weight is 345 g/mol. The van der Waals surface area contributed by atoms with Crippen LogP contribution in [-0.2, 0) is 7.05 Å². The number of rotatable bonds is 5. The van der Waals surface area contributed by atoms with Crippen molar-refractivity contribution in [2.24, 2.45) is 23.7 Å². The molecule has 6 nitrogen and oxygen atoms in total. The molecule has 0 bridgehead atoms. The quantitative estimate of drug-likeness (QED) is 0.634. The number of nitrogens with two attached hydrogens (primary N) is 1. The second-order valence-corrected chi connectivity index (χ2v) is 8.05. The first-order chi connectivity index (χ1) is 12.2. The maximum absolute atomic E-state index is 6.18. The number of aliphatic imine (C=N–C) groups is 1. The van der Waals surface area contributed by atoms with Gasteiger partial charge < -0.3 is 11.1 Å². The summed E-state index contributed by atoms with van der Waals surface area (Å²) in [5.74, 6) is 1.16. The van der Waals surface area contributed by atoms with E-state index in [2.05, 4.69) is 28.4 Å². The molecular formula is C19H32N6. The molecule has 1 aromatic heterocycles. The number of hydrogen-bond donors (Lipinski definition) is 2. The van der Waals surface area contributed by atoms with E-state index in [1.165, 1.54) is 63.6 Å². The zero-order valence-electron chi connectivity index (χ0n) is 15.4. The lowest BCUT2D eigenvalue weighted by molar-refractivity contribution is 0.0824. The molecule has 3 aliphatic rings. The van der Waals surface area contributed by atoms with Gasteiger partial charge in [0, 0.05) is 31.9 Å². The molecule has 0 unspecified atom stereocenters. The summed E-state index contributed by atoms with van der Waals surface area (Å²) in [6.45, 7) is 2.02. The first-order valence-corrected chi connectivity index (χ1v) is 10.0. The smallest absolute Gasteiger partial charge is 0.188 e. The van der Waals surface area contributed by atoms with Gasteiger partial charge in [0.15, 0.2) is 5.96 Å². The van der Waals surface area contributed by atoms with Crippen LogP contribution in [0.4, 0.5) is 0 Å². The summed E-state index contributed by atoms with van der Waals surface area (Å²) in [5, 5.41) is 7.84. The Hall–Kier alpha value is -1.56. The molecule has 25 heavy (non-hydrogen) atoms. The molecular weight excluding hydrogens is 312 g/mol. The molecule has 1 aromatic rings. The van der Waals surface area contributed by atoms with Crippen molar-refractivity contribution in [2.45, 2.75) is 69.5 Å². The minimum absolute atomic E-state index is 0.428. The van der Waals surface area contributed by atoms with Crippen molar-refractivity contribution >= 4 is 5.96 Å². The van der Waals surface area contributed by atoms with Crippen LogP contribution in [0, 0.1) is 5.92 Å². The topological polar surface area (TPSA) is 71.5 Å². The van der Waals surface area contributed by atoms with Gasteiger partial charge in [0.05, 0.1) is 11.7 Å². The summed E-state index contributed by atoms with van der Waals surface area (Å²) < 4.78 is 2.04. The highest BCUT2D eigenvalue weighted by Gasteiger charge is 2.41. The van der Waals surface area contributed by atoms with Crippen molar-refractivity contribution in [1.29, 1.82) is 0 Å². The van der Waals surface area contributed by atoms with Crippen LogP contribution in [0.3, 0.4) is 0 Å². The van der Waals surface area contributed by atoms with Gasteiger partial charge in [-0.15, -0.1) is 0 Å². The first kappa shape index (κ1) is 16.9. The average Bonchev–Trinajstić information content (AvgIpc) is 3.18. The highest BCUT2D eigenvalue weighted by Crippen LogP contribution is 2.42. The summed E-state index contributed by atoms with van der Waals surface area (Å²) in [6.07, 6.45) is 12.2. The van der Waals surface area contributed by atoms with Gasteiger partial charge in [-0.05, 0) is 57.1 Å². The fraction of sp³-hybridized carbons (Fsp3) is 0.789. The van der Waals surface area contributed by atoms with Gasteiger partial charge in [-0.25, -0.2) is 0 Å². The van der Waals surface area contributed by atoms with E-state index in [1.807, 2.05) is 10.9 Å². The number of nitrogens with one attached hydrogen (secondary N) is 1. The van der Waals surface area contributed by atoms with Crippen molar-refractivity contribution in [1.82, 2.24) is 20.0 Å². The van der Waals surface area contributed by atoms with Gasteiger partial charge in [0.2, 0.25) is 0 Å². The highest BCUT2D eigenvalue weighted by molar-refractivity contribution is 5.78. The monoisotopic (exact) mass is 344 g/mol. The molecule has 0 aromatic carbocycles. The summed E-state index contributed by atoms with van der Waals surface area (Å²) in [7, 11) is 2.06. The Morgan fingerprint density at radius 1 is 1.24 bits per heavy atom. The zero-order chi connectivity index (χ0) is 17.2. The summed E-state index contributed by atoms with van der Waals surface area (Å²) in [5.41, 5.74) is 7.51. The van der Waals surface area contributed by atoms with Crippen molar-refractivity contribution in [3.8, 4) is 0 Å². The number of aromatic nitrogens is 2. The van der Waals surface area contributed by atoms with Crippen LogP contribution < -0.4 is 11.1 Å². The van der Waals surface area contributed by atoms with Crippen LogP contribution in [0.2, 0.25) is 0 Å². The van der Waals surface area contributed by atoms with Gasteiger partial charge in [0.25, 0.3) is 0 Å². The Labute approximate surface area is 150 Å². The normalized spacial score (nSPS) is 29.2. The lowest BCUT2D eigenvalue weighted by atomic mass is 9.86. The van der Waals surface area contributed by atoms with E-state index in [4.69, 9.17) is 10.7 Å². The minimum Gasteiger partial charge on any atom is -0.370 e. The van der Waals surface area contributed by atoms with Crippen LogP contribution in [0.15, 0.2) is 17.3 Å². The third-order valence-electron chi connectivity index (χ3n) is 6.18. The van der Waals surface area contributed by atoms with E-state index >= 15 is 0 Å². The van der Waals surface area contributed by atoms with Gasteiger partial charge in [-0.1, -0.05) is 12.8 Å². The molecule has 4 rings (SSSR count). The molecule has 1 saturated heterocycles. The van der Waals surface area contributed by atoms with Crippen LogP contribution in [0.25, 0.3) is 0 Å². The van der Waals surface area contributed by atoms with E-state index in [0.29, 0.717) is 24.0 Å². The second kappa shape index (κ2) is 7.36. The Morgan fingerprint density at radius 3 is 2.72 bits per heavy atom. The molecule has 3 fully saturated rings. The number of hydrogen-bond acceptors (Lipinski definition) is 3. The lowest BCUT2D eigenvalue weighted by Gasteiger charge is -2.41. The van der Waals surface area contributed by atoms with E-state index in [1.54, 1.807) is 0 Å². The van der Waals surface area contributed by atoms with Gasteiger partial charge in [0.1, 0.15) is 0 Å². The van der Waals surface area contributed by atoms with Crippen LogP contribution in [-0.4, -0.2) is 45.8 Å². The molecule has 138 valence electrons. The number of likely N-dealkylation sites (tertiary alicyclic amines) is 1. The predicted molar refractivity (Wildman–Crippen MR) is 100 cm³/mol. The molecule has 6 heteroatoms. The summed E-state index contributed by atoms with van der Waals surface area (Å²) in [4.78, 5) is 7.45. The summed E-state index contributed by atoms with van der Waals surface area (Å²) >= 11 is 0. The third kappa shape index (κ3) is 3.84. The van der Waals surface area contributed by atoms with Crippen molar-refractivity contribution in [2.75, 3.05) is 13.1 Å². The number of nitrogens with zero attached hydrogens (tertiary/aromatic N) is 4. The van der Waals surface area contributed by atoms with Crippen molar-refractivity contribution in [3.63, 3.8) is 0 Å². The molecule has 0 radical (unpaired) electrons. The maximum atomic E-state index is 6.18. The molecule has 2 atom stereocenters. The van der Waals surface area contributed by atoms with Crippen molar-refractivity contribution in [3.05, 3.63) is 18.0 Å². The molecule has 2 saturated carbocycles. The molecule has 2 heterocycles. The third-order valence-corrected chi connectivity index (χ3v) is 6.18. The lowest BCUT2D eigenvalue weighted by Crippen LogP contribution is -2.43. The molecule has 3 N–H and O–H groups in total. The highest BCUT2D eigenvalue weighted by atomic mass is 15.3.